The summed E-state index contributed by atoms with van der Waals surface area (Å²) in [5.74, 6) is -0.972. The van der Waals surface area contributed by atoms with Crippen LogP contribution < -0.4 is 10.6 Å². The number of benzene rings is 2. The first-order valence-electron chi connectivity index (χ1n) is 10.0. The summed E-state index contributed by atoms with van der Waals surface area (Å²) in [5, 5.41) is 5.46. The zero-order valence-corrected chi connectivity index (χ0v) is 17.5. The Kier molecular flexibility index (Phi) is 5.87. The largest absolute Gasteiger partial charge is 0.416 e. The number of alkyl halides is 3. The lowest BCUT2D eigenvalue weighted by Crippen LogP contribution is -2.23. The number of nitrogens with zero attached hydrogens (tertiary/aromatic N) is 2. The Morgan fingerprint density at radius 1 is 1.00 bits per heavy atom. The molecule has 9 heteroatoms. The van der Waals surface area contributed by atoms with Crippen molar-refractivity contribution in [2.24, 2.45) is 0 Å². The summed E-state index contributed by atoms with van der Waals surface area (Å²) in [7, 11) is 0. The van der Waals surface area contributed by atoms with Gasteiger partial charge in [0, 0.05) is 24.0 Å². The molecule has 0 aliphatic carbocycles. The summed E-state index contributed by atoms with van der Waals surface area (Å²) in [5.41, 5.74) is 2.08. The molecule has 0 unspecified atom stereocenters. The van der Waals surface area contributed by atoms with Crippen LogP contribution in [0.5, 0.6) is 0 Å². The van der Waals surface area contributed by atoms with Crippen LogP contribution >= 0.6 is 0 Å². The van der Waals surface area contributed by atoms with E-state index in [2.05, 4.69) is 15.6 Å². The number of halogens is 3. The van der Waals surface area contributed by atoms with Crippen LogP contribution in [0.2, 0.25) is 0 Å². The summed E-state index contributed by atoms with van der Waals surface area (Å²) in [4.78, 5) is 29.3. The number of amides is 2. The van der Waals surface area contributed by atoms with Crippen molar-refractivity contribution in [3.05, 3.63) is 101 Å². The van der Waals surface area contributed by atoms with Gasteiger partial charge in [-0.05, 0) is 54.4 Å². The van der Waals surface area contributed by atoms with E-state index in [0.717, 1.165) is 17.7 Å². The van der Waals surface area contributed by atoms with Crippen molar-refractivity contribution < 1.29 is 22.8 Å². The number of fused-ring (bicyclic) bond motifs is 1. The molecule has 0 saturated heterocycles. The molecule has 6 nitrogen and oxygen atoms in total. The van der Waals surface area contributed by atoms with Gasteiger partial charge in [0.25, 0.3) is 11.8 Å². The molecule has 168 valence electrons. The fourth-order valence-electron chi connectivity index (χ4n) is 3.32. The van der Waals surface area contributed by atoms with Gasteiger partial charge in [-0.3, -0.25) is 14.0 Å². The number of carbonyl (C=O) groups excluding carboxylic acids is 2. The number of hydrogen-bond donors (Lipinski definition) is 2. The number of rotatable bonds is 5. The minimum atomic E-state index is -4.53. The Labute approximate surface area is 187 Å². The minimum Gasteiger partial charge on any atom is -0.348 e. The van der Waals surface area contributed by atoms with E-state index in [-0.39, 0.29) is 18.0 Å². The lowest BCUT2D eigenvalue weighted by atomic mass is 10.1. The monoisotopic (exact) mass is 452 g/mol. The predicted octanol–water partition coefficient (Wildman–Crippen LogP) is 4.84. The van der Waals surface area contributed by atoms with Crippen molar-refractivity contribution in [2.75, 3.05) is 5.32 Å². The molecule has 0 spiro atoms. The second-order valence-corrected chi connectivity index (χ2v) is 7.44. The lowest BCUT2D eigenvalue weighted by molar-refractivity contribution is -0.137. The number of aromatic nitrogens is 2. The zero-order chi connectivity index (χ0) is 23.6. The van der Waals surface area contributed by atoms with Crippen molar-refractivity contribution in [3.63, 3.8) is 0 Å². The quantitative estimate of drug-likeness (QED) is 0.455. The Bertz CT molecular complexity index is 1350. The lowest BCUT2D eigenvalue weighted by Gasteiger charge is -2.12. The van der Waals surface area contributed by atoms with Crippen LogP contribution in [-0.4, -0.2) is 21.2 Å². The highest BCUT2D eigenvalue weighted by Crippen LogP contribution is 2.29. The van der Waals surface area contributed by atoms with Gasteiger partial charge < -0.3 is 10.6 Å². The van der Waals surface area contributed by atoms with Crippen molar-refractivity contribution in [2.45, 2.75) is 19.6 Å². The van der Waals surface area contributed by atoms with Gasteiger partial charge >= 0.3 is 6.18 Å². The van der Waals surface area contributed by atoms with E-state index < -0.39 is 17.6 Å². The molecule has 0 atom stereocenters. The molecule has 4 rings (SSSR count). The van der Waals surface area contributed by atoms with Gasteiger partial charge in [-0.15, -0.1) is 0 Å². The SMILES string of the molecule is Cc1ccc(CNC(=O)c2cccc(C(F)(F)F)c2)cc1NC(=O)c1cnc2ccccn12. The Morgan fingerprint density at radius 2 is 1.82 bits per heavy atom. The molecular weight excluding hydrogens is 433 g/mol. The molecule has 0 aliphatic rings. The smallest absolute Gasteiger partial charge is 0.348 e. The number of pyridine rings is 1. The Balaban J connectivity index is 1.46. The molecule has 2 aromatic carbocycles. The first-order valence-corrected chi connectivity index (χ1v) is 10.0. The Hall–Kier alpha value is -4.14. The first-order chi connectivity index (χ1) is 15.7. The highest BCUT2D eigenvalue weighted by molar-refractivity contribution is 6.04. The van der Waals surface area contributed by atoms with Gasteiger partial charge in [-0.1, -0.05) is 24.3 Å². The van der Waals surface area contributed by atoms with E-state index in [1.54, 1.807) is 40.9 Å². The number of imidazole rings is 1. The normalized spacial score (nSPS) is 11.4. The van der Waals surface area contributed by atoms with Gasteiger partial charge in [0.05, 0.1) is 11.8 Å². The maximum atomic E-state index is 12.9. The van der Waals surface area contributed by atoms with Gasteiger partial charge in [0.1, 0.15) is 11.3 Å². The second kappa shape index (κ2) is 8.78. The van der Waals surface area contributed by atoms with Crippen molar-refractivity contribution in [1.82, 2.24) is 14.7 Å². The number of hydrogen-bond acceptors (Lipinski definition) is 3. The highest BCUT2D eigenvalue weighted by Gasteiger charge is 2.30. The first kappa shape index (κ1) is 22.1. The fourth-order valence-corrected chi connectivity index (χ4v) is 3.32. The molecule has 0 fully saturated rings. The van der Waals surface area contributed by atoms with Crippen molar-refractivity contribution in [1.29, 1.82) is 0 Å². The van der Waals surface area contributed by atoms with Crippen LogP contribution in [0, 0.1) is 6.92 Å². The van der Waals surface area contributed by atoms with E-state index in [1.807, 2.05) is 13.0 Å². The van der Waals surface area contributed by atoms with E-state index >= 15 is 0 Å². The van der Waals surface area contributed by atoms with E-state index in [0.29, 0.717) is 22.6 Å². The number of carbonyl (C=O) groups is 2. The summed E-state index contributed by atoms with van der Waals surface area (Å²) < 4.78 is 40.3. The van der Waals surface area contributed by atoms with Gasteiger partial charge in [0.2, 0.25) is 0 Å². The molecule has 0 saturated carbocycles. The number of aryl methyl sites for hydroxylation is 1. The summed E-state index contributed by atoms with van der Waals surface area (Å²) >= 11 is 0. The van der Waals surface area contributed by atoms with Crippen LogP contribution in [0.25, 0.3) is 5.65 Å². The molecule has 2 amide bonds. The zero-order valence-electron chi connectivity index (χ0n) is 17.5. The van der Waals surface area contributed by atoms with E-state index in [1.165, 1.54) is 18.3 Å². The topological polar surface area (TPSA) is 75.5 Å². The van der Waals surface area contributed by atoms with Crippen molar-refractivity contribution in [3.8, 4) is 0 Å². The maximum absolute atomic E-state index is 12.9. The fraction of sp³-hybridized carbons (Fsp3) is 0.125. The summed E-state index contributed by atoms with van der Waals surface area (Å²) in [6.07, 6.45) is -1.30. The van der Waals surface area contributed by atoms with Crippen LogP contribution in [0.15, 0.2) is 73.1 Å². The standard InChI is InChI=1S/C24H19F3N4O2/c1-15-8-9-16(13-29-22(32)17-5-4-6-18(12-17)24(25,26)27)11-19(15)30-23(33)20-14-28-21-7-2-3-10-31(20)21/h2-12,14H,13H2,1H3,(H,29,32)(H,30,33). The van der Waals surface area contributed by atoms with Gasteiger partial charge in [0.15, 0.2) is 0 Å². The molecule has 2 N–H and O–H groups in total. The third-order valence-electron chi connectivity index (χ3n) is 5.10. The average Bonchev–Trinajstić information content (AvgIpc) is 3.23. The average molecular weight is 452 g/mol. The predicted molar refractivity (Wildman–Crippen MR) is 117 cm³/mol. The van der Waals surface area contributed by atoms with Gasteiger partial charge in [-0.2, -0.15) is 13.2 Å². The highest BCUT2D eigenvalue weighted by atomic mass is 19.4. The molecule has 0 radical (unpaired) electrons. The number of anilines is 1. The molecule has 33 heavy (non-hydrogen) atoms. The molecule has 2 heterocycles. The Morgan fingerprint density at radius 3 is 2.61 bits per heavy atom. The third-order valence-corrected chi connectivity index (χ3v) is 5.10. The summed E-state index contributed by atoms with van der Waals surface area (Å²) in [6.45, 7) is 1.91. The molecular formula is C24H19F3N4O2. The molecule has 2 aromatic heterocycles. The number of nitrogens with one attached hydrogen (secondary N) is 2. The molecule has 0 aliphatic heterocycles. The third kappa shape index (κ3) is 4.87. The second-order valence-electron chi connectivity index (χ2n) is 7.44. The van der Waals surface area contributed by atoms with Crippen LogP contribution in [0.4, 0.5) is 18.9 Å². The van der Waals surface area contributed by atoms with Crippen LogP contribution in [0.1, 0.15) is 37.5 Å². The van der Waals surface area contributed by atoms with Crippen LogP contribution in [0.3, 0.4) is 0 Å². The molecule has 0 bridgehead atoms. The van der Waals surface area contributed by atoms with E-state index in [9.17, 15) is 22.8 Å². The van der Waals surface area contributed by atoms with E-state index in [4.69, 9.17) is 0 Å². The minimum absolute atomic E-state index is 0.0772. The molecule has 4 aromatic rings. The van der Waals surface area contributed by atoms with Crippen LogP contribution in [-0.2, 0) is 12.7 Å². The summed E-state index contributed by atoms with van der Waals surface area (Å²) in [6, 6.07) is 14.9. The maximum Gasteiger partial charge on any atom is 0.416 e. The van der Waals surface area contributed by atoms with Crippen molar-refractivity contribution >= 4 is 23.1 Å². The van der Waals surface area contributed by atoms with Gasteiger partial charge in [-0.25, -0.2) is 4.98 Å².